The lowest BCUT2D eigenvalue weighted by molar-refractivity contribution is 0.174. The molecular weight excluding hydrogens is 418 g/mol. The lowest BCUT2D eigenvalue weighted by atomic mass is 10.2. The van der Waals surface area contributed by atoms with Gasteiger partial charge in [-0.2, -0.15) is 9.97 Å². The van der Waals surface area contributed by atoms with Crippen molar-refractivity contribution < 1.29 is 9.47 Å². The summed E-state index contributed by atoms with van der Waals surface area (Å²) >= 11 is 0. The first-order chi connectivity index (χ1) is 16.1. The highest BCUT2D eigenvalue weighted by molar-refractivity contribution is 5.88. The van der Waals surface area contributed by atoms with E-state index in [4.69, 9.17) is 19.4 Å². The summed E-state index contributed by atoms with van der Waals surface area (Å²) in [5.41, 5.74) is 4.06. The number of nitrogens with zero attached hydrogens (tertiary/aromatic N) is 5. The van der Waals surface area contributed by atoms with Gasteiger partial charge in [0.1, 0.15) is 0 Å². The minimum absolute atomic E-state index is 0.197. The lowest BCUT2D eigenvalue weighted by Gasteiger charge is -2.12. The monoisotopic (exact) mass is 439 g/mol. The molecule has 0 amide bonds. The van der Waals surface area contributed by atoms with Gasteiger partial charge in [-0.3, -0.25) is 4.98 Å². The van der Waals surface area contributed by atoms with E-state index in [2.05, 4.69) is 34.4 Å². The number of imidazole rings is 1. The van der Waals surface area contributed by atoms with E-state index >= 15 is 0 Å². The molecule has 164 valence electrons. The molecule has 0 saturated heterocycles. The first kappa shape index (κ1) is 19.3. The summed E-state index contributed by atoms with van der Waals surface area (Å²) in [7, 11) is 0. The zero-order chi connectivity index (χ0) is 22.4. The molecular formula is C24H21N7O2. The molecule has 1 aliphatic rings. The van der Waals surface area contributed by atoms with Crippen LogP contribution in [0.25, 0.3) is 22.1 Å². The molecule has 9 nitrogen and oxygen atoms in total. The van der Waals surface area contributed by atoms with Crippen molar-refractivity contribution in [3.8, 4) is 11.5 Å². The summed E-state index contributed by atoms with van der Waals surface area (Å²) < 4.78 is 12.9. The number of ether oxygens (including phenoxy) is 2. The number of pyridine rings is 1. The average molecular weight is 439 g/mol. The van der Waals surface area contributed by atoms with E-state index in [1.165, 1.54) is 0 Å². The summed E-state index contributed by atoms with van der Waals surface area (Å²) in [5, 5.41) is 7.74. The summed E-state index contributed by atoms with van der Waals surface area (Å²) in [6.45, 7) is 4.42. The SMILES string of the molecule is CC(C)n1cnc2c(Nc3ccc4c(c3)OCO4)nc(Nc3ccc4ncccc4c3)nc21. The van der Waals surface area contributed by atoms with Crippen molar-refractivity contribution in [1.82, 2.24) is 24.5 Å². The Balaban J connectivity index is 1.41. The van der Waals surface area contributed by atoms with Crippen molar-refractivity contribution in [2.24, 2.45) is 0 Å². The number of hydrogen-bond donors (Lipinski definition) is 2. The molecule has 4 heterocycles. The van der Waals surface area contributed by atoms with Gasteiger partial charge in [0.15, 0.2) is 28.5 Å². The topological polar surface area (TPSA) is 99.0 Å². The third kappa shape index (κ3) is 3.53. The van der Waals surface area contributed by atoms with Gasteiger partial charge in [0, 0.05) is 35.1 Å². The van der Waals surface area contributed by atoms with Crippen molar-refractivity contribution in [1.29, 1.82) is 0 Å². The second-order valence-corrected chi connectivity index (χ2v) is 8.04. The fraction of sp³-hybridized carbons (Fsp3) is 0.167. The van der Waals surface area contributed by atoms with Gasteiger partial charge in [-0.05, 0) is 50.2 Å². The zero-order valence-electron chi connectivity index (χ0n) is 18.1. The number of fused-ring (bicyclic) bond motifs is 3. The first-order valence-electron chi connectivity index (χ1n) is 10.7. The van der Waals surface area contributed by atoms with Crippen LogP contribution in [-0.2, 0) is 0 Å². The average Bonchev–Trinajstić information content (AvgIpc) is 3.46. The van der Waals surface area contributed by atoms with Crippen LogP contribution in [0.2, 0.25) is 0 Å². The Morgan fingerprint density at radius 3 is 2.67 bits per heavy atom. The van der Waals surface area contributed by atoms with E-state index in [0.29, 0.717) is 23.0 Å². The van der Waals surface area contributed by atoms with E-state index in [1.807, 2.05) is 53.1 Å². The molecule has 3 aromatic heterocycles. The minimum Gasteiger partial charge on any atom is -0.454 e. The van der Waals surface area contributed by atoms with E-state index in [1.54, 1.807) is 12.5 Å². The third-order valence-electron chi connectivity index (χ3n) is 5.47. The number of benzene rings is 2. The minimum atomic E-state index is 0.197. The molecule has 0 unspecified atom stereocenters. The van der Waals surface area contributed by atoms with Crippen LogP contribution in [0.1, 0.15) is 19.9 Å². The number of rotatable bonds is 5. The van der Waals surface area contributed by atoms with Crippen LogP contribution >= 0.6 is 0 Å². The van der Waals surface area contributed by atoms with Crippen LogP contribution in [0, 0.1) is 0 Å². The molecule has 9 heteroatoms. The van der Waals surface area contributed by atoms with Crippen LogP contribution in [0.5, 0.6) is 11.5 Å². The van der Waals surface area contributed by atoms with Crippen molar-refractivity contribution in [3.05, 3.63) is 61.1 Å². The Morgan fingerprint density at radius 2 is 1.76 bits per heavy atom. The summed E-state index contributed by atoms with van der Waals surface area (Å²) in [4.78, 5) is 18.5. The quantitative estimate of drug-likeness (QED) is 0.387. The standard InChI is InChI=1S/C24H21N7O2/c1-14(2)31-12-26-21-22(27-17-6-8-19-20(11-17)33-13-32-19)29-24(30-23(21)31)28-16-5-7-18-15(10-16)4-3-9-25-18/h3-12,14H,13H2,1-2H3,(H2,27,28,29,30). The number of nitrogens with one attached hydrogen (secondary N) is 2. The van der Waals surface area contributed by atoms with E-state index < -0.39 is 0 Å². The van der Waals surface area contributed by atoms with Crippen molar-refractivity contribution in [3.63, 3.8) is 0 Å². The fourth-order valence-corrected chi connectivity index (χ4v) is 3.83. The smallest absolute Gasteiger partial charge is 0.231 e. The van der Waals surface area contributed by atoms with Crippen LogP contribution in [0.15, 0.2) is 61.1 Å². The maximum Gasteiger partial charge on any atom is 0.231 e. The highest BCUT2D eigenvalue weighted by Crippen LogP contribution is 2.36. The molecule has 0 radical (unpaired) electrons. The van der Waals surface area contributed by atoms with Crippen molar-refractivity contribution >= 4 is 45.2 Å². The Morgan fingerprint density at radius 1 is 0.909 bits per heavy atom. The van der Waals surface area contributed by atoms with Crippen LogP contribution < -0.4 is 20.1 Å². The molecule has 1 aliphatic heterocycles. The second-order valence-electron chi connectivity index (χ2n) is 8.04. The molecule has 0 fully saturated rings. The van der Waals surface area contributed by atoms with E-state index in [-0.39, 0.29) is 12.8 Å². The van der Waals surface area contributed by atoms with Gasteiger partial charge in [-0.25, -0.2) is 4.98 Å². The maximum absolute atomic E-state index is 5.51. The van der Waals surface area contributed by atoms with Gasteiger partial charge in [-0.1, -0.05) is 6.07 Å². The predicted octanol–water partition coefficient (Wildman–Crippen LogP) is 5.17. The molecule has 0 spiro atoms. The molecule has 0 aliphatic carbocycles. The molecule has 2 aromatic carbocycles. The van der Waals surface area contributed by atoms with Gasteiger partial charge in [0.2, 0.25) is 12.7 Å². The third-order valence-corrected chi connectivity index (χ3v) is 5.47. The van der Waals surface area contributed by atoms with E-state index in [9.17, 15) is 0 Å². The first-order valence-corrected chi connectivity index (χ1v) is 10.7. The summed E-state index contributed by atoms with van der Waals surface area (Å²) in [6.07, 6.45) is 3.58. The van der Waals surface area contributed by atoms with Gasteiger partial charge >= 0.3 is 0 Å². The Hall–Kier alpha value is -4.40. The zero-order valence-corrected chi connectivity index (χ0v) is 18.1. The van der Waals surface area contributed by atoms with Gasteiger partial charge in [0.05, 0.1) is 11.8 Å². The summed E-state index contributed by atoms with van der Waals surface area (Å²) in [6, 6.07) is 15.8. The number of aromatic nitrogens is 5. The molecule has 33 heavy (non-hydrogen) atoms. The van der Waals surface area contributed by atoms with Crippen LogP contribution in [0.3, 0.4) is 0 Å². The Labute approximate surface area is 189 Å². The Bertz CT molecular complexity index is 1500. The Kier molecular flexibility index (Phi) is 4.46. The van der Waals surface area contributed by atoms with E-state index in [0.717, 1.165) is 33.7 Å². The molecule has 2 N–H and O–H groups in total. The molecule has 0 atom stereocenters. The van der Waals surface area contributed by atoms with Gasteiger partial charge < -0.3 is 24.7 Å². The molecule has 0 bridgehead atoms. The molecule has 0 saturated carbocycles. The maximum atomic E-state index is 5.51. The van der Waals surface area contributed by atoms with Crippen LogP contribution in [0.4, 0.5) is 23.1 Å². The number of anilines is 4. The fourth-order valence-electron chi connectivity index (χ4n) is 3.83. The number of hydrogen-bond acceptors (Lipinski definition) is 8. The van der Waals surface area contributed by atoms with Crippen LogP contribution in [-0.4, -0.2) is 31.3 Å². The second kappa shape index (κ2) is 7.63. The highest BCUT2D eigenvalue weighted by atomic mass is 16.7. The van der Waals surface area contributed by atoms with Gasteiger partial charge in [-0.15, -0.1) is 0 Å². The normalized spacial score (nSPS) is 12.6. The van der Waals surface area contributed by atoms with Crippen molar-refractivity contribution in [2.45, 2.75) is 19.9 Å². The highest BCUT2D eigenvalue weighted by Gasteiger charge is 2.18. The largest absolute Gasteiger partial charge is 0.454 e. The summed E-state index contributed by atoms with van der Waals surface area (Å²) in [5.74, 6) is 2.49. The van der Waals surface area contributed by atoms with Gasteiger partial charge in [0.25, 0.3) is 0 Å². The molecule has 5 aromatic rings. The predicted molar refractivity (Wildman–Crippen MR) is 127 cm³/mol. The van der Waals surface area contributed by atoms with Crippen molar-refractivity contribution in [2.75, 3.05) is 17.4 Å². The lowest BCUT2D eigenvalue weighted by Crippen LogP contribution is -2.05. The molecule has 6 rings (SSSR count).